The molecule has 2 aliphatic rings. The lowest BCUT2D eigenvalue weighted by Gasteiger charge is -2.22. The monoisotopic (exact) mass is 480 g/mol. The maximum Gasteiger partial charge on any atom is 0.266 e. The smallest absolute Gasteiger partial charge is 0.266 e. The normalized spacial score (nSPS) is 20.7. The highest BCUT2D eigenvalue weighted by Gasteiger charge is 2.51. The molecule has 0 spiro atoms. The second kappa shape index (κ2) is 8.13. The Labute approximate surface area is 190 Å². The second-order valence-corrected chi connectivity index (χ2v) is 10.5. The van der Waals surface area contributed by atoms with Crippen molar-refractivity contribution in [3.63, 3.8) is 0 Å². The molecule has 1 N–H and O–H groups in total. The number of rotatable bonds is 6. The molecule has 0 radical (unpaired) electrons. The molecule has 2 heterocycles. The molecule has 1 amide bonds. The summed E-state index contributed by atoms with van der Waals surface area (Å²) in [6.45, 7) is 0.486. The number of hydrogen-bond acceptors (Lipinski definition) is 5. The predicted octanol–water partition coefficient (Wildman–Crippen LogP) is 2.47. The molecule has 2 aromatic carbocycles. The van der Waals surface area contributed by atoms with Gasteiger partial charge < -0.3 is 10.0 Å². The van der Waals surface area contributed by atoms with Crippen LogP contribution in [0.15, 0.2) is 36.4 Å². The number of aryl methyl sites for hydroxylation is 1. The number of ketones is 1. The molecule has 0 bridgehead atoms. The molecular weight excluding hydrogens is 459 g/mol. The summed E-state index contributed by atoms with van der Waals surface area (Å²) < 4.78 is 38.6. The van der Waals surface area contributed by atoms with Crippen molar-refractivity contribution in [2.75, 3.05) is 28.6 Å². The average Bonchev–Trinajstić information content (AvgIpc) is 3.27. The van der Waals surface area contributed by atoms with E-state index in [0.29, 0.717) is 29.9 Å². The van der Waals surface area contributed by atoms with E-state index in [2.05, 4.69) is 0 Å². The summed E-state index contributed by atoms with van der Waals surface area (Å²) in [7, 11) is -3.39. The number of Topliss-reactive ketones (excluding diaryl/α,β-unsaturated/α-hetero) is 1. The third-order valence-corrected chi connectivity index (χ3v) is 7.35. The number of sulfonamides is 1. The summed E-state index contributed by atoms with van der Waals surface area (Å²) in [6.07, 6.45) is 1.61. The summed E-state index contributed by atoms with van der Waals surface area (Å²) in [6, 6.07) is 8.93. The van der Waals surface area contributed by atoms with E-state index in [4.69, 9.17) is 11.6 Å². The number of halogens is 2. The Morgan fingerprint density at radius 3 is 2.66 bits per heavy atom. The number of carbonyl (C=O) groups excluding carboxylic acids is 2. The summed E-state index contributed by atoms with van der Waals surface area (Å²) in [5, 5.41) is 11.1. The third-order valence-electron chi connectivity index (χ3n) is 5.95. The maximum atomic E-state index is 13.5. The first-order valence-electron chi connectivity index (χ1n) is 10.1. The first-order valence-corrected chi connectivity index (χ1v) is 12.3. The highest BCUT2D eigenvalue weighted by atomic mass is 35.5. The van der Waals surface area contributed by atoms with E-state index in [-0.39, 0.29) is 30.8 Å². The highest BCUT2D eigenvalue weighted by molar-refractivity contribution is 7.92. The van der Waals surface area contributed by atoms with Gasteiger partial charge in [0.2, 0.25) is 15.6 Å². The first-order chi connectivity index (χ1) is 15.0. The van der Waals surface area contributed by atoms with E-state index in [1.54, 1.807) is 18.2 Å². The van der Waals surface area contributed by atoms with Gasteiger partial charge in [-0.05, 0) is 60.4 Å². The molecule has 4 rings (SSSR count). The molecule has 10 heteroatoms. The Hall–Kier alpha value is -2.49. The molecule has 1 saturated heterocycles. The predicted molar refractivity (Wildman–Crippen MR) is 119 cm³/mol. The van der Waals surface area contributed by atoms with Crippen LogP contribution in [0.25, 0.3) is 0 Å². The molecule has 0 unspecified atom stereocenters. The Morgan fingerprint density at radius 2 is 1.97 bits per heavy atom. The molecule has 7 nitrogen and oxygen atoms in total. The number of carbonyl (C=O) groups is 2. The zero-order valence-corrected chi connectivity index (χ0v) is 18.9. The zero-order valence-electron chi connectivity index (χ0n) is 17.3. The SMILES string of the molecule is CS(=O)(=O)N1CCc2cc(N3CC[C@](O)(C(=O)CCc4cc(F)cc(Cl)c4)C3=O)ccc21. The number of amides is 1. The van der Waals surface area contributed by atoms with Crippen LogP contribution >= 0.6 is 11.6 Å². The Morgan fingerprint density at radius 1 is 1.22 bits per heavy atom. The molecule has 2 aromatic rings. The lowest BCUT2D eigenvalue weighted by molar-refractivity contribution is -0.147. The van der Waals surface area contributed by atoms with Gasteiger partial charge in [0.05, 0.1) is 11.9 Å². The fourth-order valence-corrected chi connectivity index (χ4v) is 5.50. The summed E-state index contributed by atoms with van der Waals surface area (Å²) in [4.78, 5) is 27.1. The zero-order chi connectivity index (χ0) is 23.3. The van der Waals surface area contributed by atoms with Crippen molar-refractivity contribution in [2.24, 2.45) is 0 Å². The van der Waals surface area contributed by atoms with Crippen molar-refractivity contribution in [2.45, 2.75) is 31.3 Å². The Kier molecular flexibility index (Phi) is 5.77. The van der Waals surface area contributed by atoms with Crippen LogP contribution in [0.3, 0.4) is 0 Å². The van der Waals surface area contributed by atoms with Crippen LogP contribution < -0.4 is 9.21 Å². The number of hydrogen-bond donors (Lipinski definition) is 1. The summed E-state index contributed by atoms with van der Waals surface area (Å²) >= 11 is 5.83. The van der Waals surface area contributed by atoms with Crippen LogP contribution in [-0.2, 0) is 32.5 Å². The molecule has 1 fully saturated rings. The number of aliphatic hydroxyl groups is 1. The minimum atomic E-state index is -3.39. The lowest BCUT2D eigenvalue weighted by atomic mass is 9.92. The molecule has 2 aliphatic heterocycles. The van der Waals surface area contributed by atoms with E-state index in [1.807, 2.05) is 0 Å². The molecule has 0 aliphatic carbocycles. The van der Waals surface area contributed by atoms with Crippen LogP contribution in [-0.4, -0.2) is 50.2 Å². The Balaban J connectivity index is 1.49. The first kappa shape index (κ1) is 22.7. The van der Waals surface area contributed by atoms with Crippen LogP contribution in [0.1, 0.15) is 24.0 Å². The number of nitrogens with zero attached hydrogens (tertiary/aromatic N) is 2. The van der Waals surface area contributed by atoms with Gasteiger partial charge in [-0.1, -0.05) is 11.6 Å². The van der Waals surface area contributed by atoms with E-state index in [1.165, 1.54) is 21.3 Å². The van der Waals surface area contributed by atoms with Crippen molar-refractivity contribution in [1.82, 2.24) is 0 Å². The summed E-state index contributed by atoms with van der Waals surface area (Å²) in [5.41, 5.74) is 0.219. The number of fused-ring (bicyclic) bond motifs is 1. The summed E-state index contributed by atoms with van der Waals surface area (Å²) in [5.74, 6) is -1.86. The fourth-order valence-electron chi connectivity index (χ4n) is 4.30. The Bertz CT molecular complexity index is 1200. The largest absolute Gasteiger partial charge is 0.373 e. The average molecular weight is 481 g/mol. The molecule has 32 heavy (non-hydrogen) atoms. The van der Waals surface area contributed by atoms with E-state index in [9.17, 15) is 27.5 Å². The van der Waals surface area contributed by atoms with Crippen molar-refractivity contribution in [1.29, 1.82) is 0 Å². The molecule has 0 aromatic heterocycles. The van der Waals surface area contributed by atoms with Gasteiger partial charge in [0, 0.05) is 36.6 Å². The molecule has 0 saturated carbocycles. The lowest BCUT2D eigenvalue weighted by Crippen LogP contribution is -2.47. The third kappa shape index (κ3) is 4.12. The van der Waals surface area contributed by atoms with E-state index < -0.39 is 33.1 Å². The van der Waals surface area contributed by atoms with Gasteiger partial charge in [0.25, 0.3) is 5.91 Å². The van der Waals surface area contributed by atoms with Gasteiger partial charge >= 0.3 is 0 Å². The van der Waals surface area contributed by atoms with Gasteiger partial charge in [-0.2, -0.15) is 0 Å². The van der Waals surface area contributed by atoms with Crippen molar-refractivity contribution in [3.8, 4) is 0 Å². The van der Waals surface area contributed by atoms with E-state index >= 15 is 0 Å². The standard InChI is InChI=1S/C22H22ClFN2O5S/c1-32(30,31)26-8-6-15-12-18(3-4-19(15)26)25-9-7-22(29,21(25)28)20(27)5-2-14-10-16(23)13-17(24)11-14/h3-4,10-13,29H,2,5-9H2,1H3/t22-/m0/s1. The van der Waals surface area contributed by atoms with Gasteiger partial charge in [-0.15, -0.1) is 0 Å². The van der Waals surface area contributed by atoms with Gasteiger partial charge in [0.15, 0.2) is 5.78 Å². The van der Waals surface area contributed by atoms with Crippen molar-refractivity contribution in [3.05, 3.63) is 58.4 Å². The maximum absolute atomic E-state index is 13.5. The van der Waals surface area contributed by atoms with Crippen LogP contribution in [0.2, 0.25) is 5.02 Å². The van der Waals surface area contributed by atoms with Gasteiger partial charge in [0.1, 0.15) is 5.82 Å². The minimum absolute atomic E-state index is 0.0544. The van der Waals surface area contributed by atoms with Gasteiger partial charge in [-0.3, -0.25) is 13.9 Å². The number of anilines is 2. The fraction of sp³-hybridized carbons (Fsp3) is 0.364. The van der Waals surface area contributed by atoms with Gasteiger partial charge in [-0.25, -0.2) is 12.8 Å². The highest BCUT2D eigenvalue weighted by Crippen LogP contribution is 2.36. The quantitative estimate of drug-likeness (QED) is 0.641. The number of benzene rings is 2. The van der Waals surface area contributed by atoms with Crippen LogP contribution in [0.5, 0.6) is 0 Å². The molecule has 1 atom stereocenters. The minimum Gasteiger partial charge on any atom is -0.373 e. The topological polar surface area (TPSA) is 95.0 Å². The van der Waals surface area contributed by atoms with Crippen molar-refractivity contribution >= 4 is 44.7 Å². The molecular formula is C22H22ClFN2O5S. The van der Waals surface area contributed by atoms with Crippen molar-refractivity contribution < 1.29 is 27.5 Å². The van der Waals surface area contributed by atoms with Crippen LogP contribution in [0, 0.1) is 5.82 Å². The molecule has 170 valence electrons. The van der Waals surface area contributed by atoms with E-state index in [0.717, 1.165) is 17.9 Å². The second-order valence-electron chi connectivity index (χ2n) is 8.17. The van der Waals surface area contributed by atoms with Crippen LogP contribution in [0.4, 0.5) is 15.8 Å².